The lowest BCUT2D eigenvalue weighted by atomic mass is 9.95. The van der Waals surface area contributed by atoms with Gasteiger partial charge in [0.2, 0.25) is 0 Å². The molecule has 0 saturated carbocycles. The molecule has 1 aromatic heterocycles. The van der Waals surface area contributed by atoms with E-state index in [0.29, 0.717) is 22.3 Å². The summed E-state index contributed by atoms with van der Waals surface area (Å²) in [6, 6.07) is 19.5. The van der Waals surface area contributed by atoms with E-state index in [1.165, 1.54) is 35.6 Å². The van der Waals surface area contributed by atoms with Gasteiger partial charge >= 0.3 is 18.3 Å². The highest BCUT2D eigenvalue weighted by Crippen LogP contribution is 2.36. The Kier molecular flexibility index (Phi) is 7.78. The minimum Gasteiger partial charge on any atom is -0.462 e. The largest absolute Gasteiger partial charge is 0.462 e. The van der Waals surface area contributed by atoms with Gasteiger partial charge in [0.15, 0.2) is 0 Å². The van der Waals surface area contributed by atoms with E-state index in [2.05, 4.69) is 0 Å². The number of carbonyl (C=O) groups excluding carboxylic acids is 1. The third-order valence-corrected chi connectivity index (χ3v) is 6.72. The molecule has 0 fully saturated rings. The lowest BCUT2D eigenvalue weighted by Gasteiger charge is -2.13. The lowest BCUT2D eigenvalue weighted by molar-refractivity contribution is -0.138. The van der Waals surface area contributed by atoms with Crippen LogP contribution in [0.3, 0.4) is 0 Å². The summed E-state index contributed by atoms with van der Waals surface area (Å²) in [6.45, 7) is 1.98. The first-order chi connectivity index (χ1) is 18.0. The van der Waals surface area contributed by atoms with Gasteiger partial charge in [-0.3, -0.25) is 0 Å². The van der Waals surface area contributed by atoms with Crippen LogP contribution < -0.4 is 0 Å². The number of ether oxygens (including phenoxy) is 1. The minimum absolute atomic E-state index is 0.265. The SMILES string of the molecule is CCOC(=O)c1ccc(-c2ccc(C=C(c3ccc(C(F)(F)F)cc3)c3ccc(C(F)(F)F)cc3)s2)cc1. The number of rotatable bonds is 6. The van der Waals surface area contributed by atoms with E-state index in [4.69, 9.17) is 4.74 Å². The molecular formula is C29H20F6O2S. The van der Waals surface area contributed by atoms with Crippen LogP contribution in [0.5, 0.6) is 0 Å². The lowest BCUT2D eigenvalue weighted by Crippen LogP contribution is -2.05. The Morgan fingerprint density at radius 1 is 0.711 bits per heavy atom. The van der Waals surface area contributed by atoms with Crippen molar-refractivity contribution in [3.05, 3.63) is 118 Å². The molecule has 196 valence electrons. The smallest absolute Gasteiger partial charge is 0.416 e. The number of thiophene rings is 1. The molecule has 0 aliphatic heterocycles. The molecule has 0 radical (unpaired) electrons. The number of hydrogen-bond acceptors (Lipinski definition) is 3. The number of benzene rings is 3. The Morgan fingerprint density at radius 3 is 1.63 bits per heavy atom. The average Bonchev–Trinajstić information content (AvgIpc) is 3.35. The predicted molar refractivity (Wildman–Crippen MR) is 136 cm³/mol. The van der Waals surface area contributed by atoms with Crippen LogP contribution in [0, 0.1) is 0 Å². The second-order valence-electron chi connectivity index (χ2n) is 8.21. The van der Waals surface area contributed by atoms with E-state index < -0.39 is 29.4 Å². The molecule has 0 unspecified atom stereocenters. The normalized spacial score (nSPS) is 11.8. The van der Waals surface area contributed by atoms with Gasteiger partial charge in [-0.25, -0.2) is 4.79 Å². The van der Waals surface area contributed by atoms with Crippen LogP contribution in [0.15, 0.2) is 84.9 Å². The fourth-order valence-corrected chi connectivity index (χ4v) is 4.68. The van der Waals surface area contributed by atoms with Gasteiger partial charge in [-0.1, -0.05) is 36.4 Å². The summed E-state index contributed by atoms with van der Waals surface area (Å²) in [4.78, 5) is 13.5. The van der Waals surface area contributed by atoms with Gasteiger partial charge in [-0.2, -0.15) is 26.3 Å². The second-order valence-corrected chi connectivity index (χ2v) is 9.32. The summed E-state index contributed by atoms with van der Waals surface area (Å²) >= 11 is 1.39. The number of esters is 1. The van der Waals surface area contributed by atoms with Gasteiger partial charge in [0, 0.05) is 9.75 Å². The van der Waals surface area contributed by atoms with Crippen molar-refractivity contribution in [1.82, 2.24) is 0 Å². The van der Waals surface area contributed by atoms with Crippen molar-refractivity contribution < 1.29 is 35.9 Å². The first-order valence-corrected chi connectivity index (χ1v) is 12.2. The number of halogens is 6. The number of alkyl halides is 6. The van der Waals surface area contributed by atoms with Crippen LogP contribution in [0.25, 0.3) is 22.1 Å². The Bertz CT molecular complexity index is 1370. The Morgan fingerprint density at radius 2 is 1.18 bits per heavy atom. The summed E-state index contributed by atoms with van der Waals surface area (Å²) < 4.78 is 83.4. The second kappa shape index (κ2) is 10.9. The van der Waals surface area contributed by atoms with Crippen LogP contribution in [0.2, 0.25) is 0 Å². The van der Waals surface area contributed by atoms with Crippen molar-refractivity contribution in [2.45, 2.75) is 19.3 Å². The Labute approximate surface area is 218 Å². The zero-order chi connectivity index (χ0) is 27.5. The molecule has 0 bridgehead atoms. The van der Waals surface area contributed by atoms with E-state index in [9.17, 15) is 31.1 Å². The molecule has 0 spiro atoms. The topological polar surface area (TPSA) is 26.3 Å². The van der Waals surface area contributed by atoms with Gasteiger partial charge in [0.05, 0.1) is 23.3 Å². The van der Waals surface area contributed by atoms with Crippen LogP contribution in [-0.2, 0) is 17.1 Å². The van der Waals surface area contributed by atoms with Crippen LogP contribution in [0.1, 0.15) is 44.4 Å². The van der Waals surface area contributed by atoms with E-state index in [1.54, 1.807) is 37.3 Å². The van der Waals surface area contributed by atoms with Crippen molar-refractivity contribution in [3.8, 4) is 10.4 Å². The fourth-order valence-electron chi connectivity index (χ4n) is 3.72. The summed E-state index contributed by atoms with van der Waals surface area (Å²) in [5.74, 6) is -0.424. The van der Waals surface area contributed by atoms with E-state index in [0.717, 1.165) is 39.6 Å². The van der Waals surface area contributed by atoms with Crippen molar-refractivity contribution >= 4 is 29.0 Å². The maximum Gasteiger partial charge on any atom is 0.416 e. The molecule has 3 aromatic carbocycles. The Hall–Kier alpha value is -3.85. The standard InChI is InChI=1S/C29H20F6O2S/c1-2-37-27(36)21-5-3-20(4-6-21)26-16-15-24(38-26)17-25(18-7-11-22(12-8-18)28(30,31)32)19-9-13-23(14-10-19)29(33,34)35/h3-17H,2H2,1H3. The predicted octanol–water partition coefficient (Wildman–Crippen LogP) is 9.22. The molecule has 0 aliphatic carbocycles. The highest BCUT2D eigenvalue weighted by atomic mass is 32.1. The number of carbonyl (C=O) groups is 1. The van der Waals surface area contributed by atoms with E-state index >= 15 is 0 Å². The van der Waals surface area contributed by atoms with Gasteiger partial charge in [-0.05, 0) is 83.8 Å². The van der Waals surface area contributed by atoms with Gasteiger partial charge < -0.3 is 4.74 Å². The van der Waals surface area contributed by atoms with E-state index in [1.807, 2.05) is 12.1 Å². The van der Waals surface area contributed by atoms with Crippen molar-refractivity contribution in [2.75, 3.05) is 6.61 Å². The van der Waals surface area contributed by atoms with Crippen molar-refractivity contribution in [3.63, 3.8) is 0 Å². The summed E-state index contributed by atoms with van der Waals surface area (Å²) in [6.07, 6.45) is -7.29. The third-order valence-electron chi connectivity index (χ3n) is 5.64. The van der Waals surface area contributed by atoms with Gasteiger partial charge in [0.1, 0.15) is 0 Å². The first kappa shape index (κ1) is 27.2. The van der Waals surface area contributed by atoms with Crippen LogP contribution >= 0.6 is 11.3 Å². The van der Waals surface area contributed by atoms with Gasteiger partial charge in [0.25, 0.3) is 0 Å². The molecule has 4 rings (SSSR count). The molecule has 0 aliphatic rings. The molecule has 4 aromatic rings. The first-order valence-electron chi connectivity index (χ1n) is 11.4. The van der Waals surface area contributed by atoms with Crippen LogP contribution in [-0.4, -0.2) is 12.6 Å². The van der Waals surface area contributed by atoms with Crippen molar-refractivity contribution in [1.29, 1.82) is 0 Å². The molecule has 9 heteroatoms. The summed E-state index contributed by atoms with van der Waals surface area (Å²) in [7, 11) is 0. The maximum atomic E-state index is 13.1. The zero-order valence-corrected chi connectivity index (χ0v) is 20.7. The molecule has 0 N–H and O–H groups in total. The average molecular weight is 547 g/mol. The summed E-state index contributed by atoms with van der Waals surface area (Å²) in [5.41, 5.74) is 0.930. The quantitative estimate of drug-likeness (QED) is 0.178. The van der Waals surface area contributed by atoms with Gasteiger partial charge in [-0.15, -0.1) is 11.3 Å². The molecule has 0 saturated heterocycles. The molecule has 2 nitrogen and oxygen atoms in total. The third kappa shape index (κ3) is 6.34. The van der Waals surface area contributed by atoms with E-state index in [-0.39, 0.29) is 6.61 Å². The highest BCUT2D eigenvalue weighted by molar-refractivity contribution is 7.16. The van der Waals surface area contributed by atoms with Crippen molar-refractivity contribution in [2.24, 2.45) is 0 Å². The molecule has 38 heavy (non-hydrogen) atoms. The Balaban J connectivity index is 1.70. The monoisotopic (exact) mass is 546 g/mol. The zero-order valence-electron chi connectivity index (χ0n) is 19.9. The maximum absolute atomic E-state index is 13.1. The van der Waals surface area contributed by atoms with Crippen LogP contribution in [0.4, 0.5) is 26.3 Å². The molecule has 1 heterocycles. The fraction of sp³-hybridized carbons (Fsp3) is 0.138. The number of hydrogen-bond donors (Lipinski definition) is 0. The molecule has 0 amide bonds. The molecule has 0 atom stereocenters. The molecular weight excluding hydrogens is 526 g/mol. The summed E-state index contributed by atoms with van der Waals surface area (Å²) in [5, 5.41) is 0. The minimum atomic E-state index is -4.51. The highest BCUT2D eigenvalue weighted by Gasteiger charge is 2.31.